The number of pyridine rings is 2. The summed E-state index contributed by atoms with van der Waals surface area (Å²) in [6.45, 7) is 4.04. The number of aliphatic hydroxyl groups excluding tert-OH is 1. The first-order valence-corrected chi connectivity index (χ1v) is 25.2. The second kappa shape index (κ2) is 24.5. The van der Waals surface area contributed by atoms with Gasteiger partial charge in [-0.3, -0.25) is 24.9 Å². The highest BCUT2D eigenvalue weighted by Crippen LogP contribution is 2.43. The number of carbonyl (C=O) groups is 4. The zero-order valence-corrected chi connectivity index (χ0v) is 44.0. The van der Waals surface area contributed by atoms with Crippen molar-refractivity contribution in [1.29, 1.82) is 0 Å². The molecule has 2 bridgehead atoms. The van der Waals surface area contributed by atoms with Crippen molar-refractivity contribution in [3.05, 3.63) is 113 Å². The van der Waals surface area contributed by atoms with Gasteiger partial charge < -0.3 is 40.2 Å². The Morgan fingerprint density at radius 3 is 1.99 bits per heavy atom. The molecule has 5 heterocycles. The molecule has 6 atom stereocenters. The second-order valence-corrected chi connectivity index (χ2v) is 20.7. The number of alkyl carbamates (subject to hydrolysis) is 2. The van der Waals surface area contributed by atoms with Crippen LogP contribution in [0.2, 0.25) is 0 Å². The van der Waals surface area contributed by atoms with Gasteiger partial charge in [0, 0.05) is 73.8 Å². The van der Waals surface area contributed by atoms with Crippen LogP contribution in [0.5, 0.6) is 0 Å². The molecular formula is C54H61F8N9O8. The highest BCUT2D eigenvalue weighted by molar-refractivity contribution is 5.87. The van der Waals surface area contributed by atoms with E-state index >= 15 is 4.39 Å². The fourth-order valence-corrected chi connectivity index (χ4v) is 9.49. The van der Waals surface area contributed by atoms with Crippen molar-refractivity contribution in [3.8, 4) is 23.1 Å². The number of hydrogen-bond donors (Lipinski definition) is 5. The van der Waals surface area contributed by atoms with Crippen LogP contribution >= 0.6 is 0 Å². The summed E-state index contributed by atoms with van der Waals surface area (Å²) in [5.74, 6) is 2.24. The highest BCUT2D eigenvalue weighted by atomic mass is 19.4. The van der Waals surface area contributed by atoms with Crippen LogP contribution in [0.3, 0.4) is 0 Å². The lowest BCUT2D eigenvalue weighted by Crippen LogP contribution is -2.62. The number of aliphatic hydroxyl groups is 1. The van der Waals surface area contributed by atoms with Gasteiger partial charge in [0.05, 0.1) is 55.8 Å². The van der Waals surface area contributed by atoms with Crippen LogP contribution in [0.4, 0.5) is 50.5 Å². The fraction of sp³-hybridized carbons (Fsp3) is 0.481. The maximum atomic E-state index is 16.0. The van der Waals surface area contributed by atoms with Crippen LogP contribution < -0.4 is 26.3 Å². The number of aromatic nitrogens is 2. The summed E-state index contributed by atoms with van der Waals surface area (Å²) in [6.07, 6.45) is -13.3. The molecule has 5 N–H and O–H groups in total. The topological polar surface area (TPSA) is 200 Å². The number of anilines is 1. The molecular weight excluding hydrogens is 1050 g/mol. The first-order valence-electron chi connectivity index (χ1n) is 25.2. The molecule has 0 spiro atoms. The molecule has 2 aromatic carbocycles. The van der Waals surface area contributed by atoms with Gasteiger partial charge in [0.2, 0.25) is 5.91 Å². The summed E-state index contributed by atoms with van der Waals surface area (Å²) >= 11 is 0. The van der Waals surface area contributed by atoms with E-state index in [1.54, 1.807) is 30.5 Å². The molecule has 0 saturated carbocycles. The van der Waals surface area contributed by atoms with Gasteiger partial charge in [-0.2, -0.15) is 26.3 Å². The number of methoxy groups -OCH3 is 1. The van der Waals surface area contributed by atoms with Crippen LogP contribution in [0.25, 0.3) is 11.3 Å². The van der Waals surface area contributed by atoms with Crippen LogP contribution in [0, 0.1) is 34.3 Å². The number of amides is 4. The molecule has 4 aromatic rings. The molecule has 25 heteroatoms. The molecule has 79 heavy (non-hydrogen) atoms. The number of hydrogen-bond acceptors (Lipinski definition) is 13. The van der Waals surface area contributed by atoms with Crippen molar-refractivity contribution in [2.75, 3.05) is 51.9 Å². The highest BCUT2D eigenvalue weighted by Gasteiger charge is 2.58. The number of nitrogens with one attached hydrogen (secondary N) is 4. The molecule has 17 nitrogen and oxygen atoms in total. The Morgan fingerprint density at radius 2 is 1.44 bits per heavy atom. The summed E-state index contributed by atoms with van der Waals surface area (Å²) < 4.78 is 132. The van der Waals surface area contributed by atoms with Crippen molar-refractivity contribution in [2.45, 2.75) is 108 Å². The summed E-state index contributed by atoms with van der Waals surface area (Å²) in [6, 6.07) is 13.3. The molecule has 0 unspecified atom stereocenters. The molecule has 3 aliphatic heterocycles. The lowest BCUT2D eigenvalue weighted by atomic mass is 9.82. The molecule has 3 fully saturated rings. The Hall–Kier alpha value is -7.14. The van der Waals surface area contributed by atoms with Gasteiger partial charge in [-0.1, -0.05) is 36.1 Å². The number of carbonyl (C=O) groups excluding carboxylic acids is 4. The normalized spacial score (nSPS) is 18.5. The minimum atomic E-state index is -5.18. The molecule has 3 saturated heterocycles. The number of rotatable bonds is 18. The van der Waals surface area contributed by atoms with E-state index in [2.05, 4.69) is 42.1 Å². The molecule has 0 radical (unpaired) electrons. The third-order valence-corrected chi connectivity index (χ3v) is 14.5. The average molecular weight is 1120 g/mol. The Labute approximate surface area is 450 Å². The van der Waals surface area contributed by atoms with E-state index in [1.165, 1.54) is 18.2 Å². The lowest BCUT2D eigenvalue weighted by molar-refractivity contribution is -0.239. The van der Waals surface area contributed by atoms with Crippen molar-refractivity contribution in [3.63, 3.8) is 0 Å². The summed E-state index contributed by atoms with van der Waals surface area (Å²) in [7, 11) is 1.88. The molecule has 7 rings (SSSR count). The largest absolute Gasteiger partial charge is 0.453 e. The third kappa shape index (κ3) is 14.2. The summed E-state index contributed by atoms with van der Waals surface area (Å²) in [5.41, 5.74) is -2.35. The van der Waals surface area contributed by atoms with E-state index < -0.39 is 96.2 Å². The Balaban J connectivity index is 1.16. The van der Waals surface area contributed by atoms with Gasteiger partial charge in [-0.05, 0) is 95.0 Å². The quantitative estimate of drug-likeness (QED) is 0.0416. The standard InChI is InChI=1S/C54H61F8N9O8/c1-51(2,53(57,58)59)45(67-50(76)77-6)47(73)66-42(21-32-10-7-31(8-11-32)9-12-33-13-20-44(65-23-33)69-26-37-17-18-38(27-69)71(37)39-29-78-30-39)43(72)28-70(68-48(74)46(79-49(75)63-5)52(3,4)54(60,61)62)25-35-15-14-34(22-40(35)56)41-19-16-36(55)24-64-41/h7-8,10-11,13-16,19-20,22-24,37-39,42-43,45-46,72H,17-18,21,25-30H2,1-6H3,(H,63,75)(H,66,73)(H,67,76)(H,68,74)/t37-,38-,42-,43-,45+,46+/m0/s1. The Kier molecular flexibility index (Phi) is 18.4. The van der Waals surface area contributed by atoms with Crippen LogP contribution in [-0.4, -0.2) is 151 Å². The fourth-order valence-electron chi connectivity index (χ4n) is 9.49. The van der Waals surface area contributed by atoms with Gasteiger partial charge in [0.1, 0.15) is 28.9 Å². The van der Waals surface area contributed by atoms with E-state index in [4.69, 9.17) is 14.5 Å². The maximum Gasteiger partial charge on any atom is 0.407 e. The minimum Gasteiger partial charge on any atom is -0.453 e. The number of fused-ring (bicyclic) bond motifs is 2. The molecule has 426 valence electrons. The molecule has 3 aliphatic rings. The third-order valence-electron chi connectivity index (χ3n) is 14.5. The first kappa shape index (κ1) is 59.5. The maximum absolute atomic E-state index is 16.0. The number of hydrazine groups is 1. The minimum absolute atomic E-state index is 0.150. The molecule has 4 amide bonds. The van der Waals surface area contributed by atoms with Gasteiger partial charge >= 0.3 is 24.5 Å². The predicted molar refractivity (Wildman–Crippen MR) is 270 cm³/mol. The van der Waals surface area contributed by atoms with Gasteiger partial charge in [-0.25, -0.2) is 28.4 Å². The van der Waals surface area contributed by atoms with Crippen molar-refractivity contribution in [1.82, 2.24) is 41.3 Å². The zero-order chi connectivity index (χ0) is 57.6. The Bertz CT molecular complexity index is 2850. The first-order chi connectivity index (χ1) is 37.2. The summed E-state index contributed by atoms with van der Waals surface area (Å²) in [4.78, 5) is 66.4. The van der Waals surface area contributed by atoms with E-state index in [1.807, 2.05) is 22.8 Å². The smallest absolute Gasteiger partial charge is 0.407 e. The number of halogens is 8. The van der Waals surface area contributed by atoms with E-state index in [0.717, 1.165) is 82.5 Å². The number of nitrogens with zero attached hydrogens (tertiary/aromatic N) is 5. The van der Waals surface area contributed by atoms with Crippen molar-refractivity contribution >= 4 is 29.8 Å². The molecule has 0 aliphatic carbocycles. The zero-order valence-electron chi connectivity index (χ0n) is 44.0. The predicted octanol–water partition coefficient (Wildman–Crippen LogP) is 6.42. The van der Waals surface area contributed by atoms with Crippen LogP contribution in [0.1, 0.15) is 62.8 Å². The molecule has 2 aromatic heterocycles. The van der Waals surface area contributed by atoms with Gasteiger partial charge in [0.25, 0.3) is 5.91 Å². The van der Waals surface area contributed by atoms with Crippen LogP contribution in [0.15, 0.2) is 79.1 Å². The van der Waals surface area contributed by atoms with Crippen molar-refractivity contribution in [2.24, 2.45) is 10.8 Å². The summed E-state index contributed by atoms with van der Waals surface area (Å²) in [5, 5.41) is 19.1. The lowest BCUT2D eigenvalue weighted by Gasteiger charge is -2.47. The van der Waals surface area contributed by atoms with E-state index in [9.17, 15) is 55.0 Å². The number of benzene rings is 2. The Morgan fingerprint density at radius 1 is 0.797 bits per heavy atom. The SMILES string of the molecule is CNC(=O)O[C@H](C(=O)NN(Cc1ccc(-c2ccc(F)cn2)cc1F)C[C@H](O)[C@H](Cc1ccc(C#Cc2ccc(N3C[C@@H]4CC[C@@H](C3)N4C3COC3)nc2)cc1)NC(=O)[C@@H](NC(=O)OC)C(C)(C)C(F)(F)F)C(C)(C)C(F)(F)F. The van der Waals surface area contributed by atoms with Crippen molar-refractivity contribution < 1.29 is 73.6 Å². The monoisotopic (exact) mass is 1120 g/mol. The number of alkyl halides is 6. The second-order valence-electron chi connectivity index (χ2n) is 20.7. The average Bonchev–Trinajstić information content (AvgIpc) is 3.65. The van der Waals surface area contributed by atoms with Gasteiger partial charge in [0.15, 0.2) is 6.10 Å². The van der Waals surface area contributed by atoms with E-state index in [0.29, 0.717) is 62.5 Å². The van der Waals surface area contributed by atoms with Crippen LogP contribution in [-0.2, 0) is 36.8 Å². The van der Waals surface area contributed by atoms with Gasteiger partial charge in [-0.15, -0.1) is 0 Å². The van der Waals surface area contributed by atoms with E-state index in [-0.39, 0.29) is 23.2 Å². The number of piperazine rings is 1. The number of ether oxygens (including phenoxy) is 3.